The molecule has 0 nitrogen and oxygen atoms in total. The molecule has 0 aromatic heterocycles. The van der Waals surface area contributed by atoms with Gasteiger partial charge in [-0.15, -0.1) is 0 Å². The number of halogens is 8. The Hall–Kier alpha value is 1.06. The summed E-state index contributed by atoms with van der Waals surface area (Å²) in [6.45, 7) is 9.32. The van der Waals surface area contributed by atoms with E-state index in [4.69, 9.17) is 0 Å². The summed E-state index contributed by atoms with van der Waals surface area (Å²) in [5.41, 5.74) is -2.75. The van der Waals surface area contributed by atoms with Crippen LogP contribution in [0.5, 0.6) is 0 Å². The topological polar surface area (TPSA) is 0 Å². The molecule has 0 saturated heterocycles. The van der Waals surface area contributed by atoms with Crippen molar-refractivity contribution in [2.45, 2.75) is 40.5 Å². The molecular weight excluding hydrogens is 1360 g/mol. The van der Waals surface area contributed by atoms with Gasteiger partial charge >= 0.3 is 124 Å². The SMILES string of the molecule is CC(C)CC[P+](c1ccccc1)(c1ccccc1)c1ccccc1.CC(C)CC[P+](c1ccccc1)(c1ccccc1)c1ccccc1.[Br][Mn-]([Br])([Br])[Br].[Br][Mn-]([Br])([Br])[Br]. The standard InChI is InChI=1S/2C23H26P.8BrH.2Mn/c2*1-20(2)18-19-24(21-12-6-3-7-13-21,22-14-8-4-9-15-22)23-16-10-5-11-17-23;;;;;;;;;;/h2*3-17,20H,18-19H2,1-2H3;8*1H;;/q2*+1;;;;;;;;;2*+3/p-8. The number of benzene rings is 6. The van der Waals surface area contributed by atoms with Crippen LogP contribution in [0.25, 0.3) is 0 Å². The first-order valence-electron chi connectivity index (χ1n) is 18.7. The Morgan fingerprint density at radius 3 is 0.569 bits per heavy atom. The molecular formula is C46H52Br8Mn2P2. The van der Waals surface area contributed by atoms with E-state index in [1.54, 1.807) is 0 Å². The third-order valence-corrected chi connectivity index (χ3v) is 18.2. The van der Waals surface area contributed by atoms with E-state index >= 15 is 0 Å². The summed E-state index contributed by atoms with van der Waals surface area (Å²) in [6.07, 6.45) is 4.93. The van der Waals surface area contributed by atoms with Crippen molar-refractivity contribution < 1.29 is 11.2 Å². The van der Waals surface area contributed by atoms with E-state index in [0.29, 0.717) is 11.8 Å². The first-order chi connectivity index (χ1) is 27.5. The molecule has 0 aliphatic heterocycles. The van der Waals surface area contributed by atoms with Gasteiger partial charge in [0.15, 0.2) is 0 Å². The van der Waals surface area contributed by atoms with Gasteiger partial charge in [0.2, 0.25) is 0 Å². The van der Waals surface area contributed by atoms with Crippen LogP contribution in [0.2, 0.25) is 0 Å². The second-order valence-corrected chi connectivity index (χ2v) is 92.8. The van der Waals surface area contributed by atoms with Crippen molar-refractivity contribution in [1.29, 1.82) is 0 Å². The van der Waals surface area contributed by atoms with E-state index in [9.17, 15) is 0 Å². The van der Waals surface area contributed by atoms with E-state index in [-0.39, 0.29) is 0 Å². The molecule has 0 aliphatic rings. The summed E-state index contributed by atoms with van der Waals surface area (Å²) in [7, 11) is -3.21. The van der Waals surface area contributed by atoms with Gasteiger partial charge in [-0.3, -0.25) is 0 Å². The van der Waals surface area contributed by atoms with Gasteiger partial charge in [0.05, 0.1) is 12.3 Å². The summed E-state index contributed by atoms with van der Waals surface area (Å²) in [5.74, 6) is 1.42. The Labute approximate surface area is 411 Å². The monoisotopic (exact) mass is 1410 g/mol. The van der Waals surface area contributed by atoms with E-state index in [1.165, 1.54) is 57.0 Å². The molecule has 6 rings (SSSR count). The van der Waals surface area contributed by atoms with Gasteiger partial charge in [-0.2, -0.15) is 0 Å². The quantitative estimate of drug-likeness (QED) is 0.0846. The van der Waals surface area contributed by atoms with Crippen LogP contribution in [-0.4, -0.2) is 12.3 Å². The second kappa shape index (κ2) is 27.4. The van der Waals surface area contributed by atoms with Gasteiger partial charge in [-0.25, -0.2) is 0 Å². The van der Waals surface area contributed by atoms with Crippen molar-refractivity contribution in [2.75, 3.05) is 12.3 Å². The second-order valence-electron chi connectivity index (χ2n) is 14.1. The maximum absolute atomic E-state index is 3.27. The fourth-order valence-corrected chi connectivity index (χ4v) is 15.9. The van der Waals surface area contributed by atoms with Crippen LogP contribution >= 0.6 is 127 Å². The Morgan fingerprint density at radius 1 is 0.310 bits per heavy atom. The minimum atomic E-state index is -1.61. The molecule has 0 fully saturated rings. The molecule has 12 heteroatoms. The van der Waals surface area contributed by atoms with E-state index in [0.717, 1.165) is 0 Å². The van der Waals surface area contributed by atoms with Crippen LogP contribution < -0.4 is 31.8 Å². The fraction of sp³-hybridized carbons (Fsp3) is 0.217. The first-order valence-corrected chi connectivity index (χ1v) is 46.0. The molecule has 0 N–H and O–H groups in total. The van der Waals surface area contributed by atoms with E-state index < -0.39 is 25.8 Å². The molecule has 0 amide bonds. The molecule has 6 aromatic carbocycles. The fourth-order valence-electron chi connectivity index (χ4n) is 6.67. The number of hydrogen-bond donors (Lipinski definition) is 0. The van der Waals surface area contributed by atoms with Gasteiger partial charge in [-0.1, -0.05) is 137 Å². The molecule has 6 aromatic rings. The van der Waals surface area contributed by atoms with Crippen LogP contribution in [-0.2, 0) is 11.2 Å². The van der Waals surface area contributed by atoms with Crippen LogP contribution in [0.15, 0.2) is 182 Å². The van der Waals surface area contributed by atoms with Crippen LogP contribution in [0, 0.1) is 11.8 Å². The van der Waals surface area contributed by atoms with Crippen molar-refractivity contribution >= 4 is 159 Å². The van der Waals surface area contributed by atoms with Gasteiger partial charge < -0.3 is 0 Å². The van der Waals surface area contributed by atoms with Crippen LogP contribution in [0.3, 0.4) is 0 Å². The van der Waals surface area contributed by atoms with Crippen molar-refractivity contribution in [2.24, 2.45) is 11.8 Å². The Morgan fingerprint density at radius 2 is 0.448 bits per heavy atom. The summed E-state index contributed by atoms with van der Waals surface area (Å²) in [4.78, 5) is 0. The molecule has 0 radical (unpaired) electrons. The Bertz CT molecular complexity index is 1620. The molecule has 0 atom stereocenters. The Balaban J connectivity index is 0.000000252. The molecule has 0 bridgehead atoms. The first kappa shape index (κ1) is 53.4. The molecule has 0 heterocycles. The average Bonchev–Trinajstić information content (AvgIpc) is 3.20. The van der Waals surface area contributed by atoms with Gasteiger partial charge in [0.1, 0.15) is 46.4 Å². The van der Waals surface area contributed by atoms with Crippen LogP contribution in [0.4, 0.5) is 0 Å². The molecule has 0 aliphatic carbocycles. The molecule has 0 unspecified atom stereocenters. The van der Waals surface area contributed by atoms with E-state index in [1.807, 2.05) is 0 Å². The summed E-state index contributed by atoms with van der Waals surface area (Å²) >= 11 is 26.1. The average molecular weight is 1420 g/mol. The van der Waals surface area contributed by atoms with Crippen molar-refractivity contribution in [3.8, 4) is 0 Å². The summed E-state index contributed by atoms with van der Waals surface area (Å²) in [5, 5.41) is 8.93. The third-order valence-electron chi connectivity index (χ3n) is 9.27. The van der Waals surface area contributed by atoms with Crippen molar-refractivity contribution in [1.82, 2.24) is 0 Å². The summed E-state index contributed by atoms with van der Waals surface area (Å²) in [6, 6.07) is 66.9. The predicted octanol–water partition coefficient (Wildman–Crippen LogP) is 16.8. The predicted molar refractivity (Wildman–Crippen MR) is 290 cm³/mol. The summed E-state index contributed by atoms with van der Waals surface area (Å²) < 4.78 is 0. The van der Waals surface area contributed by atoms with Gasteiger partial charge in [0.25, 0.3) is 0 Å². The maximum atomic E-state index is 3.27. The van der Waals surface area contributed by atoms with Crippen molar-refractivity contribution in [3.63, 3.8) is 0 Å². The third kappa shape index (κ3) is 19.0. The Kier molecular flexibility index (Phi) is 25.2. The number of rotatable bonds is 12. The van der Waals surface area contributed by atoms with E-state index in [2.05, 4.69) is 323 Å². The molecule has 0 spiro atoms. The zero-order valence-electron chi connectivity index (χ0n) is 33.0. The van der Waals surface area contributed by atoms with Crippen LogP contribution in [0.1, 0.15) is 40.5 Å². The minimum absolute atomic E-state index is 0.709. The molecule has 0 saturated carbocycles. The molecule has 58 heavy (non-hydrogen) atoms. The van der Waals surface area contributed by atoms with Crippen molar-refractivity contribution in [3.05, 3.63) is 182 Å². The zero-order valence-corrected chi connectivity index (χ0v) is 49.8. The van der Waals surface area contributed by atoms with Gasteiger partial charge in [-0.05, 0) is 97.5 Å². The zero-order chi connectivity index (χ0) is 42.7. The van der Waals surface area contributed by atoms with Gasteiger partial charge in [0, 0.05) is 0 Å². The normalized spacial score (nSPS) is 12.2. The molecule has 316 valence electrons. The number of hydrogen-bond acceptors (Lipinski definition) is 0.